The molecule has 1 aromatic heterocycles. The molecule has 3 heterocycles. The molecule has 238 valence electrons. The molecule has 46 heavy (non-hydrogen) atoms. The number of aromatic amines is 1. The first kappa shape index (κ1) is 30.6. The molecule has 13 heteroatoms. The number of piperidine rings is 1. The summed E-state index contributed by atoms with van der Waals surface area (Å²) >= 11 is 0. The minimum absolute atomic E-state index is 0.0167. The highest BCUT2D eigenvalue weighted by Crippen LogP contribution is 2.29. The predicted molar refractivity (Wildman–Crippen MR) is 164 cm³/mol. The monoisotopic (exact) mass is 629 g/mol. The Balaban J connectivity index is 1.28. The number of benzene rings is 3. The average molecular weight is 630 g/mol. The maximum atomic E-state index is 14.6. The first-order valence-corrected chi connectivity index (χ1v) is 14.9. The highest BCUT2D eigenvalue weighted by Gasteiger charge is 2.35. The van der Waals surface area contributed by atoms with Gasteiger partial charge in [0.05, 0.1) is 24.1 Å². The van der Waals surface area contributed by atoms with Crippen LogP contribution >= 0.6 is 0 Å². The van der Waals surface area contributed by atoms with Gasteiger partial charge in [-0.3, -0.25) is 19.2 Å². The lowest BCUT2D eigenvalue weighted by Crippen LogP contribution is -2.58. The van der Waals surface area contributed by atoms with Crippen LogP contribution in [0.1, 0.15) is 34.6 Å². The van der Waals surface area contributed by atoms with Crippen molar-refractivity contribution in [2.75, 3.05) is 26.8 Å². The molecule has 0 spiro atoms. The number of hydrogen-bond donors (Lipinski definition) is 3. The number of ether oxygens (including phenoxy) is 3. The van der Waals surface area contributed by atoms with Gasteiger partial charge in [0.2, 0.25) is 5.91 Å². The Morgan fingerprint density at radius 2 is 1.87 bits per heavy atom. The second kappa shape index (κ2) is 13.3. The third-order valence-electron chi connectivity index (χ3n) is 7.93. The number of likely N-dealkylation sites (tertiary alicyclic amines) is 1. The SMILES string of the molecule is COc1ccc2cc1OCC(=O)N[C@@H]1CN(C(=O)c3nc4ccccc4c(=O)[nH]3)CC[C@H]1Oc1cc(F)cc(c1)CNC(=O)CC2. The fourth-order valence-corrected chi connectivity index (χ4v) is 5.63. The van der Waals surface area contributed by atoms with Crippen molar-refractivity contribution in [1.29, 1.82) is 0 Å². The zero-order valence-electron chi connectivity index (χ0n) is 25.0. The molecular weight excluding hydrogens is 597 g/mol. The molecule has 0 unspecified atom stereocenters. The van der Waals surface area contributed by atoms with Gasteiger partial charge in [-0.15, -0.1) is 0 Å². The molecule has 1 saturated heterocycles. The summed E-state index contributed by atoms with van der Waals surface area (Å²) in [6.45, 7) is -0.0525. The van der Waals surface area contributed by atoms with E-state index >= 15 is 0 Å². The fourth-order valence-electron chi connectivity index (χ4n) is 5.63. The molecule has 12 nitrogen and oxygen atoms in total. The number of para-hydroxylation sites is 1. The van der Waals surface area contributed by atoms with Gasteiger partial charge in [-0.1, -0.05) is 18.2 Å². The lowest BCUT2D eigenvalue weighted by atomic mass is 10.0. The van der Waals surface area contributed by atoms with Crippen LogP contribution in [0.4, 0.5) is 4.39 Å². The van der Waals surface area contributed by atoms with E-state index in [4.69, 9.17) is 14.2 Å². The summed E-state index contributed by atoms with van der Waals surface area (Å²) in [5.74, 6) is -0.924. The summed E-state index contributed by atoms with van der Waals surface area (Å²) in [6.07, 6.45) is 0.207. The topological polar surface area (TPSA) is 152 Å². The van der Waals surface area contributed by atoms with E-state index in [9.17, 15) is 23.6 Å². The normalized spacial score (nSPS) is 19.0. The Bertz CT molecular complexity index is 1860. The Labute approximate surface area is 262 Å². The molecule has 2 aliphatic heterocycles. The van der Waals surface area contributed by atoms with Gasteiger partial charge in [-0.2, -0.15) is 0 Å². The summed E-state index contributed by atoms with van der Waals surface area (Å²) in [6, 6.07) is 15.4. The van der Waals surface area contributed by atoms with Gasteiger partial charge in [0.1, 0.15) is 17.7 Å². The van der Waals surface area contributed by atoms with E-state index in [1.165, 1.54) is 24.1 Å². The minimum Gasteiger partial charge on any atom is -0.493 e. The molecule has 0 aliphatic carbocycles. The average Bonchev–Trinajstić information content (AvgIpc) is 3.05. The van der Waals surface area contributed by atoms with Crippen molar-refractivity contribution >= 4 is 28.6 Å². The highest BCUT2D eigenvalue weighted by atomic mass is 19.1. The number of nitrogens with zero attached hydrogens (tertiary/aromatic N) is 2. The van der Waals surface area contributed by atoms with Crippen molar-refractivity contribution in [3.63, 3.8) is 0 Å². The van der Waals surface area contributed by atoms with Crippen LogP contribution in [-0.2, 0) is 22.6 Å². The van der Waals surface area contributed by atoms with Crippen LogP contribution in [0.5, 0.6) is 17.2 Å². The number of amides is 3. The summed E-state index contributed by atoms with van der Waals surface area (Å²) < 4.78 is 32.0. The van der Waals surface area contributed by atoms with Gasteiger partial charge in [0, 0.05) is 38.5 Å². The van der Waals surface area contributed by atoms with E-state index in [2.05, 4.69) is 20.6 Å². The first-order valence-electron chi connectivity index (χ1n) is 14.9. The Kier molecular flexibility index (Phi) is 8.81. The summed E-state index contributed by atoms with van der Waals surface area (Å²) in [7, 11) is 1.48. The Morgan fingerprint density at radius 3 is 2.72 bits per heavy atom. The number of halogens is 1. The molecule has 2 atom stereocenters. The summed E-state index contributed by atoms with van der Waals surface area (Å²) in [5, 5.41) is 6.08. The largest absolute Gasteiger partial charge is 0.493 e. The van der Waals surface area contributed by atoms with Crippen molar-refractivity contribution in [2.24, 2.45) is 0 Å². The third kappa shape index (κ3) is 6.93. The number of aromatic nitrogens is 2. The molecule has 1 fully saturated rings. The van der Waals surface area contributed by atoms with Crippen molar-refractivity contribution in [3.05, 3.63) is 93.8 Å². The zero-order chi connectivity index (χ0) is 32.2. The molecule has 2 aliphatic rings. The summed E-state index contributed by atoms with van der Waals surface area (Å²) in [5.41, 5.74) is 1.25. The smallest absolute Gasteiger partial charge is 0.289 e. The summed E-state index contributed by atoms with van der Waals surface area (Å²) in [4.78, 5) is 60.4. The first-order chi connectivity index (χ1) is 22.2. The standard InChI is InChI=1S/C33H32FN5O7/c1-44-27-8-6-19-7-9-29(40)35-16-20-12-21(34)15-22(13-20)46-26-10-11-39(17-25(26)36-30(41)18-45-28(27)14-19)33(43)31-37-24-5-3-2-4-23(24)32(42)38-31/h2-6,8,12-15,25-26H,7,9-11,16-18H2,1H3,(H,35,40)(H,36,41)(H,37,38,42)/t25-,26-/m1/s1. The van der Waals surface area contributed by atoms with Crippen LogP contribution in [0, 0.1) is 5.82 Å². The number of aryl methyl sites for hydroxylation is 1. The van der Waals surface area contributed by atoms with Crippen LogP contribution in [-0.4, -0.2) is 71.5 Å². The van der Waals surface area contributed by atoms with Crippen LogP contribution in [0.15, 0.2) is 65.5 Å². The van der Waals surface area contributed by atoms with Gasteiger partial charge >= 0.3 is 0 Å². The number of H-pyrrole nitrogens is 1. The maximum Gasteiger partial charge on any atom is 0.289 e. The molecule has 3 N–H and O–H groups in total. The van der Waals surface area contributed by atoms with Gasteiger partial charge in [-0.05, 0) is 53.9 Å². The van der Waals surface area contributed by atoms with Crippen LogP contribution in [0.25, 0.3) is 10.9 Å². The van der Waals surface area contributed by atoms with E-state index in [1.807, 2.05) is 6.07 Å². The number of methoxy groups -OCH3 is 1. The predicted octanol–water partition coefficient (Wildman–Crippen LogP) is 2.49. The van der Waals surface area contributed by atoms with Gasteiger partial charge in [0.15, 0.2) is 23.9 Å². The minimum atomic E-state index is -0.737. The van der Waals surface area contributed by atoms with E-state index in [1.54, 1.807) is 42.5 Å². The highest BCUT2D eigenvalue weighted by molar-refractivity contribution is 5.92. The maximum absolute atomic E-state index is 14.6. The molecule has 4 bridgehead atoms. The van der Waals surface area contributed by atoms with Crippen molar-refractivity contribution in [2.45, 2.75) is 38.0 Å². The molecule has 3 aromatic carbocycles. The molecule has 0 saturated carbocycles. The Morgan fingerprint density at radius 1 is 1.02 bits per heavy atom. The lowest BCUT2D eigenvalue weighted by molar-refractivity contribution is -0.125. The van der Waals surface area contributed by atoms with E-state index in [-0.39, 0.29) is 56.6 Å². The molecule has 0 radical (unpaired) electrons. The van der Waals surface area contributed by atoms with Crippen molar-refractivity contribution < 1.29 is 33.0 Å². The zero-order valence-corrected chi connectivity index (χ0v) is 25.0. The van der Waals surface area contributed by atoms with Crippen molar-refractivity contribution in [3.8, 4) is 17.2 Å². The molecule has 3 amide bonds. The quantitative estimate of drug-likeness (QED) is 0.306. The number of nitrogens with one attached hydrogen (secondary N) is 3. The number of hydrogen-bond acceptors (Lipinski definition) is 8. The van der Waals surface area contributed by atoms with E-state index in [0.29, 0.717) is 34.4 Å². The van der Waals surface area contributed by atoms with Gasteiger partial charge in [0.25, 0.3) is 17.4 Å². The number of fused-ring (bicyclic) bond motifs is 6. The van der Waals surface area contributed by atoms with Gasteiger partial charge in [-0.25, -0.2) is 9.37 Å². The lowest BCUT2D eigenvalue weighted by Gasteiger charge is -2.38. The van der Waals surface area contributed by atoms with Crippen LogP contribution in [0.3, 0.4) is 0 Å². The second-order valence-electron chi connectivity index (χ2n) is 11.1. The third-order valence-corrected chi connectivity index (χ3v) is 7.93. The van der Waals surface area contributed by atoms with E-state index < -0.39 is 35.3 Å². The van der Waals surface area contributed by atoms with E-state index in [0.717, 1.165) is 5.56 Å². The van der Waals surface area contributed by atoms with Crippen molar-refractivity contribution in [1.82, 2.24) is 25.5 Å². The fraction of sp³-hybridized carbons (Fsp3) is 0.303. The number of rotatable bonds is 2. The number of carbonyl (C=O) groups is 3. The Hall–Kier alpha value is -5.46. The second-order valence-corrected chi connectivity index (χ2v) is 11.1. The number of carbonyl (C=O) groups excluding carboxylic acids is 3. The molecular formula is C33H32FN5O7. The molecule has 4 aromatic rings. The van der Waals surface area contributed by atoms with Crippen LogP contribution in [0.2, 0.25) is 0 Å². The molecule has 6 rings (SSSR count). The van der Waals surface area contributed by atoms with Crippen LogP contribution < -0.4 is 30.4 Å². The van der Waals surface area contributed by atoms with Gasteiger partial charge < -0.3 is 34.7 Å².